The van der Waals surface area contributed by atoms with Crippen molar-refractivity contribution in [3.63, 3.8) is 0 Å². The summed E-state index contributed by atoms with van der Waals surface area (Å²) in [5.74, 6) is 0.683. The van der Waals surface area contributed by atoms with Crippen LogP contribution in [0.2, 0.25) is 0 Å². The van der Waals surface area contributed by atoms with Gasteiger partial charge in [-0.25, -0.2) is 9.79 Å². The van der Waals surface area contributed by atoms with E-state index in [4.69, 9.17) is 14.2 Å². The molecule has 1 aliphatic heterocycles. The Morgan fingerprint density at radius 3 is 2.58 bits per heavy atom. The average molecular weight is 441 g/mol. The summed E-state index contributed by atoms with van der Waals surface area (Å²) in [5.41, 5.74) is 1.85. The van der Waals surface area contributed by atoms with Crippen LogP contribution in [0.1, 0.15) is 35.7 Å². The van der Waals surface area contributed by atoms with E-state index in [0.29, 0.717) is 39.4 Å². The number of hydrogen-bond donors (Lipinski definition) is 1. The smallest absolute Gasteiger partial charge is 0.338 e. The molecule has 1 aliphatic rings. The lowest BCUT2D eigenvalue weighted by Crippen LogP contribution is -2.19. The summed E-state index contributed by atoms with van der Waals surface area (Å²) in [4.78, 5) is 29.3. The molecule has 0 bridgehead atoms. The van der Waals surface area contributed by atoms with E-state index >= 15 is 0 Å². The molecule has 8 heteroatoms. The molecule has 2 aromatic carbocycles. The molecule has 0 spiro atoms. The molecule has 0 aromatic heterocycles. The van der Waals surface area contributed by atoms with Crippen LogP contribution in [-0.4, -0.2) is 37.9 Å². The number of rotatable bonds is 8. The second-order valence-electron chi connectivity index (χ2n) is 6.63. The van der Waals surface area contributed by atoms with Crippen molar-refractivity contribution >= 4 is 40.6 Å². The second kappa shape index (κ2) is 10.7. The summed E-state index contributed by atoms with van der Waals surface area (Å²) in [5, 5.41) is 3.21. The first-order chi connectivity index (χ1) is 15.0. The molecule has 1 N–H and O–H groups in total. The number of amides is 1. The second-order valence-corrected chi connectivity index (χ2v) is 7.66. The molecule has 162 valence electrons. The highest BCUT2D eigenvalue weighted by molar-refractivity contribution is 8.18. The van der Waals surface area contributed by atoms with Gasteiger partial charge in [0.25, 0.3) is 5.91 Å². The zero-order chi connectivity index (χ0) is 22.2. The quantitative estimate of drug-likeness (QED) is 0.368. The Morgan fingerprint density at radius 1 is 1.13 bits per heavy atom. The van der Waals surface area contributed by atoms with E-state index in [1.807, 2.05) is 13.0 Å². The molecule has 0 saturated carbocycles. The number of ether oxygens (including phenoxy) is 3. The van der Waals surface area contributed by atoms with Gasteiger partial charge in [-0.3, -0.25) is 4.79 Å². The highest BCUT2D eigenvalue weighted by atomic mass is 32.2. The number of esters is 1. The first-order valence-electron chi connectivity index (χ1n) is 9.83. The lowest BCUT2D eigenvalue weighted by molar-refractivity contribution is -0.115. The number of nitrogens with zero attached hydrogens (tertiary/aromatic N) is 1. The molecule has 1 amide bonds. The van der Waals surface area contributed by atoms with Gasteiger partial charge >= 0.3 is 5.97 Å². The van der Waals surface area contributed by atoms with Crippen LogP contribution in [-0.2, 0) is 9.53 Å². The Kier molecular flexibility index (Phi) is 7.72. The van der Waals surface area contributed by atoms with E-state index in [0.717, 1.165) is 18.4 Å². The van der Waals surface area contributed by atoms with E-state index in [9.17, 15) is 9.59 Å². The molecule has 1 fully saturated rings. The molecule has 3 rings (SSSR count). The van der Waals surface area contributed by atoms with E-state index in [1.165, 1.54) is 11.8 Å². The van der Waals surface area contributed by atoms with Gasteiger partial charge in [-0.2, -0.15) is 0 Å². The Balaban J connectivity index is 1.71. The standard InChI is InChI=1S/C23H24N2O5S/c1-4-5-12-30-22(27)15-6-9-17(10-7-15)24-23-25-21(26)20(31-23)13-16-8-11-18(28-2)14-19(16)29-3/h6-11,13-14H,4-5,12H2,1-3H3,(H,24,25,26)/b20-13-. The molecule has 2 aromatic rings. The van der Waals surface area contributed by atoms with Gasteiger partial charge in [-0.15, -0.1) is 0 Å². The van der Waals surface area contributed by atoms with E-state index < -0.39 is 0 Å². The molecule has 1 heterocycles. The number of hydrogen-bond acceptors (Lipinski definition) is 7. The van der Waals surface area contributed by atoms with Crippen LogP contribution in [0.4, 0.5) is 5.69 Å². The Morgan fingerprint density at radius 2 is 1.90 bits per heavy atom. The van der Waals surface area contributed by atoms with Crippen molar-refractivity contribution in [2.45, 2.75) is 19.8 Å². The maximum atomic E-state index is 12.4. The lowest BCUT2D eigenvalue weighted by atomic mass is 10.1. The Labute approximate surface area is 185 Å². The van der Waals surface area contributed by atoms with Crippen molar-refractivity contribution in [1.82, 2.24) is 5.32 Å². The van der Waals surface area contributed by atoms with Crippen LogP contribution in [0.25, 0.3) is 6.08 Å². The average Bonchev–Trinajstić information content (AvgIpc) is 3.13. The zero-order valence-corrected chi connectivity index (χ0v) is 18.5. The maximum Gasteiger partial charge on any atom is 0.338 e. The summed E-state index contributed by atoms with van der Waals surface area (Å²) >= 11 is 1.23. The van der Waals surface area contributed by atoms with Crippen LogP contribution >= 0.6 is 11.8 Å². The molecular weight excluding hydrogens is 416 g/mol. The number of carbonyl (C=O) groups is 2. The molecule has 7 nitrogen and oxygen atoms in total. The van der Waals surface area contributed by atoms with Gasteiger partial charge < -0.3 is 19.5 Å². The number of carbonyl (C=O) groups excluding carboxylic acids is 2. The fraction of sp³-hybridized carbons (Fsp3) is 0.261. The van der Waals surface area contributed by atoms with Gasteiger partial charge in [0.15, 0.2) is 5.17 Å². The summed E-state index contributed by atoms with van der Waals surface area (Å²) in [7, 11) is 3.15. The highest BCUT2D eigenvalue weighted by Crippen LogP contribution is 2.32. The van der Waals surface area contributed by atoms with E-state index in [1.54, 1.807) is 56.7 Å². The van der Waals surface area contributed by atoms with E-state index in [2.05, 4.69) is 10.3 Å². The van der Waals surface area contributed by atoms with Crippen LogP contribution in [0.5, 0.6) is 11.5 Å². The van der Waals surface area contributed by atoms with Gasteiger partial charge in [-0.05, 0) is 60.7 Å². The highest BCUT2D eigenvalue weighted by Gasteiger charge is 2.24. The van der Waals surface area contributed by atoms with Gasteiger partial charge in [0, 0.05) is 11.6 Å². The lowest BCUT2D eigenvalue weighted by Gasteiger charge is -2.07. The fourth-order valence-corrected chi connectivity index (χ4v) is 3.57. The minimum Gasteiger partial charge on any atom is -0.497 e. The first-order valence-corrected chi connectivity index (χ1v) is 10.6. The topological polar surface area (TPSA) is 86.2 Å². The normalized spacial score (nSPS) is 15.8. The number of methoxy groups -OCH3 is 2. The van der Waals surface area contributed by atoms with Gasteiger partial charge in [0.05, 0.1) is 37.0 Å². The summed E-state index contributed by atoms with van der Waals surface area (Å²) in [6.45, 7) is 2.45. The number of thioether (sulfide) groups is 1. The monoisotopic (exact) mass is 440 g/mol. The summed E-state index contributed by atoms with van der Waals surface area (Å²) in [6.07, 6.45) is 3.55. The molecule has 0 aliphatic carbocycles. The third-order valence-corrected chi connectivity index (χ3v) is 5.35. The minimum absolute atomic E-state index is 0.238. The first kappa shape index (κ1) is 22.4. The molecular formula is C23H24N2O5S. The summed E-state index contributed by atoms with van der Waals surface area (Å²) in [6, 6.07) is 12.1. The summed E-state index contributed by atoms with van der Waals surface area (Å²) < 4.78 is 15.8. The van der Waals surface area contributed by atoms with Crippen molar-refractivity contribution in [2.24, 2.45) is 4.99 Å². The molecule has 0 unspecified atom stereocenters. The Hall–Kier alpha value is -3.26. The molecule has 31 heavy (non-hydrogen) atoms. The number of nitrogens with one attached hydrogen (secondary N) is 1. The molecule has 0 atom stereocenters. The van der Waals surface area contributed by atoms with Gasteiger partial charge in [0.1, 0.15) is 11.5 Å². The number of unbranched alkanes of at least 4 members (excludes halogenated alkanes) is 1. The maximum absolute atomic E-state index is 12.4. The van der Waals surface area contributed by atoms with Crippen molar-refractivity contribution in [3.05, 3.63) is 58.5 Å². The SMILES string of the molecule is CCCCOC(=O)c1ccc(N=C2NC(=O)/C(=C/c3ccc(OC)cc3OC)S2)cc1. The van der Waals surface area contributed by atoms with Crippen LogP contribution in [0, 0.1) is 0 Å². The van der Waals surface area contributed by atoms with Crippen molar-refractivity contribution in [2.75, 3.05) is 20.8 Å². The van der Waals surface area contributed by atoms with Crippen LogP contribution in [0.15, 0.2) is 52.4 Å². The van der Waals surface area contributed by atoms with Crippen molar-refractivity contribution in [1.29, 1.82) is 0 Å². The number of aliphatic imine (C=N–C) groups is 1. The fourth-order valence-electron chi connectivity index (χ4n) is 2.74. The minimum atomic E-state index is -0.352. The predicted octanol–water partition coefficient (Wildman–Crippen LogP) is 4.55. The van der Waals surface area contributed by atoms with E-state index in [-0.39, 0.29) is 11.9 Å². The van der Waals surface area contributed by atoms with Crippen LogP contribution in [0.3, 0.4) is 0 Å². The number of benzene rings is 2. The molecule has 1 saturated heterocycles. The Bertz CT molecular complexity index is 1020. The third kappa shape index (κ3) is 5.88. The van der Waals surface area contributed by atoms with Crippen molar-refractivity contribution in [3.8, 4) is 11.5 Å². The number of amidine groups is 1. The zero-order valence-electron chi connectivity index (χ0n) is 17.6. The largest absolute Gasteiger partial charge is 0.497 e. The van der Waals surface area contributed by atoms with Gasteiger partial charge in [-0.1, -0.05) is 13.3 Å². The van der Waals surface area contributed by atoms with Crippen molar-refractivity contribution < 1.29 is 23.8 Å². The third-order valence-electron chi connectivity index (χ3n) is 4.44. The van der Waals surface area contributed by atoms with Crippen LogP contribution < -0.4 is 14.8 Å². The molecule has 0 radical (unpaired) electrons. The predicted molar refractivity (Wildman–Crippen MR) is 122 cm³/mol. The van der Waals surface area contributed by atoms with Gasteiger partial charge in [0.2, 0.25) is 0 Å².